The molecule has 134 valence electrons. The second kappa shape index (κ2) is 8.36. The van der Waals surface area contributed by atoms with Crippen LogP contribution in [0.25, 0.3) is 0 Å². The Morgan fingerprint density at radius 2 is 1.88 bits per heavy atom. The van der Waals surface area contributed by atoms with Gasteiger partial charge in [-0.05, 0) is 38.4 Å². The molecule has 1 aliphatic rings. The molecular weight excluding hydrogens is 344 g/mol. The molecule has 2 N–H and O–H groups in total. The maximum atomic E-state index is 12.5. The number of carbonyl (C=O) groups is 1. The monoisotopic (exact) mass is 370 g/mol. The van der Waals surface area contributed by atoms with Gasteiger partial charge in [0, 0.05) is 24.3 Å². The summed E-state index contributed by atoms with van der Waals surface area (Å²) in [5.41, 5.74) is 2.49. The fraction of sp³-hybridized carbons (Fsp3) is 0.588. The first-order valence-corrected chi connectivity index (χ1v) is 11.2. The van der Waals surface area contributed by atoms with Crippen molar-refractivity contribution in [3.8, 4) is 0 Å². The summed E-state index contributed by atoms with van der Waals surface area (Å²) in [5, 5.41) is 5.94. The highest BCUT2D eigenvalue weighted by Gasteiger charge is 2.48. The Balaban J connectivity index is 1.80. The summed E-state index contributed by atoms with van der Waals surface area (Å²) < 4.78 is 23.1. The SMILES string of the molecule is Cc1ccc(CSCCNC(=O)C2(S(C)(=O)=O)CCNCC2)cc1. The molecular formula is C17H26N2O3S2. The van der Waals surface area contributed by atoms with Gasteiger partial charge in [0.2, 0.25) is 5.91 Å². The van der Waals surface area contributed by atoms with Crippen LogP contribution in [0.3, 0.4) is 0 Å². The Morgan fingerprint density at radius 1 is 1.25 bits per heavy atom. The predicted molar refractivity (Wildman–Crippen MR) is 100 cm³/mol. The number of sulfone groups is 1. The first kappa shape index (κ1) is 19.3. The second-order valence-corrected chi connectivity index (χ2v) is 9.74. The van der Waals surface area contributed by atoms with Crippen molar-refractivity contribution in [1.82, 2.24) is 10.6 Å². The smallest absolute Gasteiger partial charge is 0.241 e. The lowest BCUT2D eigenvalue weighted by molar-refractivity contribution is -0.124. The fourth-order valence-electron chi connectivity index (χ4n) is 2.87. The first-order chi connectivity index (χ1) is 11.3. The van der Waals surface area contributed by atoms with Gasteiger partial charge in [0.15, 0.2) is 14.6 Å². The number of nitrogens with one attached hydrogen (secondary N) is 2. The van der Waals surface area contributed by atoms with Crippen LogP contribution in [-0.2, 0) is 20.4 Å². The number of aryl methyl sites for hydroxylation is 1. The summed E-state index contributed by atoms with van der Waals surface area (Å²) in [6.45, 7) is 3.66. The number of hydrogen-bond donors (Lipinski definition) is 2. The number of hydrogen-bond acceptors (Lipinski definition) is 5. The molecule has 0 saturated carbocycles. The van der Waals surface area contributed by atoms with Gasteiger partial charge in [-0.2, -0.15) is 11.8 Å². The molecule has 1 saturated heterocycles. The van der Waals surface area contributed by atoms with Gasteiger partial charge in [-0.1, -0.05) is 29.8 Å². The minimum Gasteiger partial charge on any atom is -0.354 e. The van der Waals surface area contributed by atoms with Crippen molar-refractivity contribution in [2.45, 2.75) is 30.3 Å². The molecule has 5 nitrogen and oxygen atoms in total. The molecule has 0 aliphatic carbocycles. The topological polar surface area (TPSA) is 75.3 Å². The van der Waals surface area contributed by atoms with E-state index in [4.69, 9.17) is 0 Å². The number of amides is 1. The average Bonchev–Trinajstić information content (AvgIpc) is 2.55. The lowest BCUT2D eigenvalue weighted by Gasteiger charge is -2.34. The molecule has 1 heterocycles. The fourth-order valence-corrected chi connectivity index (χ4v) is 5.04. The number of carbonyl (C=O) groups excluding carboxylic acids is 1. The van der Waals surface area contributed by atoms with E-state index in [2.05, 4.69) is 41.8 Å². The molecule has 0 unspecified atom stereocenters. The Kier molecular flexibility index (Phi) is 6.71. The number of benzene rings is 1. The van der Waals surface area contributed by atoms with Gasteiger partial charge in [0.1, 0.15) is 0 Å². The van der Waals surface area contributed by atoms with Crippen molar-refractivity contribution in [3.63, 3.8) is 0 Å². The normalized spacial score (nSPS) is 17.4. The lowest BCUT2D eigenvalue weighted by Crippen LogP contribution is -2.57. The third kappa shape index (κ3) is 4.74. The van der Waals surface area contributed by atoms with E-state index in [-0.39, 0.29) is 5.91 Å². The zero-order valence-corrected chi connectivity index (χ0v) is 15.9. The summed E-state index contributed by atoms with van der Waals surface area (Å²) >= 11 is 1.73. The Morgan fingerprint density at radius 3 is 2.46 bits per heavy atom. The second-order valence-electron chi connectivity index (χ2n) is 6.31. The predicted octanol–water partition coefficient (Wildman–Crippen LogP) is 1.51. The Hall–Kier alpha value is -1.05. The van der Waals surface area contributed by atoms with Gasteiger partial charge in [-0.25, -0.2) is 8.42 Å². The zero-order valence-electron chi connectivity index (χ0n) is 14.3. The average molecular weight is 371 g/mol. The molecule has 1 aromatic rings. The quantitative estimate of drug-likeness (QED) is 0.712. The molecule has 0 atom stereocenters. The van der Waals surface area contributed by atoms with Crippen molar-refractivity contribution < 1.29 is 13.2 Å². The van der Waals surface area contributed by atoms with Crippen LogP contribution < -0.4 is 10.6 Å². The molecule has 0 bridgehead atoms. The van der Waals surface area contributed by atoms with Crippen molar-refractivity contribution >= 4 is 27.5 Å². The highest BCUT2D eigenvalue weighted by molar-refractivity contribution is 7.98. The molecule has 1 aromatic carbocycles. The molecule has 0 radical (unpaired) electrons. The van der Waals surface area contributed by atoms with E-state index >= 15 is 0 Å². The van der Waals surface area contributed by atoms with Crippen LogP contribution in [0.15, 0.2) is 24.3 Å². The van der Waals surface area contributed by atoms with Crippen LogP contribution >= 0.6 is 11.8 Å². The lowest BCUT2D eigenvalue weighted by atomic mass is 9.96. The van der Waals surface area contributed by atoms with E-state index in [1.807, 2.05) is 0 Å². The van der Waals surface area contributed by atoms with Crippen molar-refractivity contribution in [2.75, 3.05) is 31.6 Å². The van der Waals surface area contributed by atoms with E-state index in [1.165, 1.54) is 17.4 Å². The van der Waals surface area contributed by atoms with E-state index in [1.54, 1.807) is 11.8 Å². The Bertz CT molecular complexity index is 651. The standard InChI is InChI=1S/C17H26N2O3S2/c1-14-3-5-15(6-4-14)13-23-12-11-19-16(20)17(24(2,21)22)7-9-18-10-8-17/h3-6,18H,7-13H2,1-2H3,(H,19,20). The maximum Gasteiger partial charge on any atom is 0.241 e. The van der Waals surface area contributed by atoms with E-state index in [0.29, 0.717) is 32.5 Å². The molecule has 7 heteroatoms. The molecule has 0 aromatic heterocycles. The van der Waals surface area contributed by atoms with Crippen molar-refractivity contribution in [2.24, 2.45) is 0 Å². The van der Waals surface area contributed by atoms with Crippen LogP contribution in [0, 0.1) is 6.92 Å². The molecule has 1 amide bonds. The molecule has 24 heavy (non-hydrogen) atoms. The molecule has 1 aliphatic heterocycles. The van der Waals surface area contributed by atoms with Gasteiger partial charge < -0.3 is 10.6 Å². The van der Waals surface area contributed by atoms with Crippen molar-refractivity contribution in [1.29, 1.82) is 0 Å². The van der Waals surface area contributed by atoms with Crippen LogP contribution in [-0.4, -0.2) is 50.7 Å². The molecule has 1 fully saturated rings. The van der Waals surface area contributed by atoms with E-state index in [9.17, 15) is 13.2 Å². The van der Waals surface area contributed by atoms with E-state index < -0.39 is 14.6 Å². The van der Waals surface area contributed by atoms with Crippen LogP contribution in [0.2, 0.25) is 0 Å². The van der Waals surface area contributed by atoms with Crippen LogP contribution in [0.1, 0.15) is 24.0 Å². The van der Waals surface area contributed by atoms with Gasteiger partial charge in [-0.3, -0.25) is 4.79 Å². The minimum absolute atomic E-state index is 0.341. The van der Waals surface area contributed by atoms with Gasteiger partial charge >= 0.3 is 0 Å². The molecule has 2 rings (SSSR count). The third-order valence-corrected chi connectivity index (χ3v) is 7.50. The Labute approximate surface area is 148 Å². The highest BCUT2D eigenvalue weighted by atomic mass is 32.2. The van der Waals surface area contributed by atoms with Crippen LogP contribution in [0.5, 0.6) is 0 Å². The highest BCUT2D eigenvalue weighted by Crippen LogP contribution is 2.28. The van der Waals surface area contributed by atoms with Crippen molar-refractivity contribution in [3.05, 3.63) is 35.4 Å². The first-order valence-electron chi connectivity index (χ1n) is 8.17. The van der Waals surface area contributed by atoms with Gasteiger partial charge in [-0.15, -0.1) is 0 Å². The summed E-state index contributed by atoms with van der Waals surface area (Å²) in [4.78, 5) is 12.5. The van der Waals surface area contributed by atoms with Crippen LogP contribution in [0.4, 0.5) is 0 Å². The van der Waals surface area contributed by atoms with Gasteiger partial charge in [0.05, 0.1) is 0 Å². The zero-order chi connectivity index (χ0) is 17.6. The summed E-state index contributed by atoms with van der Waals surface area (Å²) in [6, 6.07) is 8.39. The summed E-state index contributed by atoms with van der Waals surface area (Å²) in [5.74, 6) is 1.30. The number of thioether (sulfide) groups is 1. The number of piperidine rings is 1. The number of rotatable bonds is 7. The molecule has 0 spiro atoms. The summed E-state index contributed by atoms with van der Waals surface area (Å²) in [6.07, 6.45) is 1.85. The minimum atomic E-state index is -3.44. The maximum absolute atomic E-state index is 12.5. The summed E-state index contributed by atoms with van der Waals surface area (Å²) in [7, 11) is -3.44. The third-order valence-electron chi connectivity index (χ3n) is 4.46. The largest absolute Gasteiger partial charge is 0.354 e. The van der Waals surface area contributed by atoms with E-state index in [0.717, 1.165) is 11.5 Å². The van der Waals surface area contributed by atoms with Gasteiger partial charge in [0.25, 0.3) is 0 Å².